The summed E-state index contributed by atoms with van der Waals surface area (Å²) in [7, 11) is 3.03. The van der Waals surface area contributed by atoms with Crippen molar-refractivity contribution in [3.8, 4) is 0 Å². The zero-order chi connectivity index (χ0) is 18.7. The average molecular weight is 350 g/mol. The van der Waals surface area contributed by atoms with Gasteiger partial charge in [0, 0.05) is 24.4 Å². The van der Waals surface area contributed by atoms with Crippen LogP contribution in [0.1, 0.15) is 46.0 Å². The molecule has 1 aromatic heterocycles. The number of hydrogen-bond acceptors (Lipinski definition) is 6. The van der Waals surface area contributed by atoms with Crippen molar-refractivity contribution >= 4 is 11.6 Å². The number of carbonyl (C=O) groups is 2. The summed E-state index contributed by atoms with van der Waals surface area (Å²) in [5.41, 5.74) is 1.72. The zero-order valence-electron chi connectivity index (χ0n) is 15.0. The highest BCUT2D eigenvalue weighted by atomic mass is 16.7. The maximum atomic E-state index is 12.6. The molecule has 0 spiro atoms. The number of allylic oxidation sites excluding steroid dienone is 2. The average Bonchev–Trinajstić information content (AvgIpc) is 2.84. The molecule has 0 saturated carbocycles. The Morgan fingerprint density at radius 2 is 1.96 bits per heavy atom. The molecule has 0 N–H and O–H groups in total. The van der Waals surface area contributed by atoms with Crippen LogP contribution in [0.4, 0.5) is 0 Å². The molecular formula is C16H22N4O5. The Morgan fingerprint density at radius 3 is 2.52 bits per heavy atom. The normalized spacial score (nSPS) is 14.3. The van der Waals surface area contributed by atoms with Crippen LogP contribution in [0.2, 0.25) is 0 Å². The number of rotatable bonds is 7. The van der Waals surface area contributed by atoms with Crippen LogP contribution in [-0.4, -0.2) is 46.3 Å². The van der Waals surface area contributed by atoms with Gasteiger partial charge < -0.3 is 19.3 Å². The van der Waals surface area contributed by atoms with Gasteiger partial charge >= 0.3 is 0 Å². The first-order valence-corrected chi connectivity index (χ1v) is 7.95. The molecule has 1 aliphatic rings. The van der Waals surface area contributed by atoms with Crippen LogP contribution < -0.4 is 0 Å². The number of ether oxygens (including phenoxy) is 1. The second kappa shape index (κ2) is 7.37. The van der Waals surface area contributed by atoms with Crippen molar-refractivity contribution in [2.75, 3.05) is 20.2 Å². The molecule has 136 valence electrons. The van der Waals surface area contributed by atoms with E-state index < -0.39 is 0 Å². The Morgan fingerprint density at radius 1 is 1.32 bits per heavy atom. The minimum absolute atomic E-state index is 0.0186. The summed E-state index contributed by atoms with van der Waals surface area (Å²) in [5, 5.41) is 16.7. The van der Waals surface area contributed by atoms with Crippen molar-refractivity contribution in [2.45, 2.75) is 27.4 Å². The van der Waals surface area contributed by atoms with Crippen molar-refractivity contribution in [3.05, 3.63) is 39.6 Å². The van der Waals surface area contributed by atoms with E-state index in [9.17, 15) is 14.8 Å². The molecule has 9 nitrogen and oxygen atoms in total. The molecule has 0 fully saturated rings. The van der Waals surface area contributed by atoms with Gasteiger partial charge in [0.1, 0.15) is 5.69 Å². The topological polar surface area (TPSA) is 99.2 Å². The van der Waals surface area contributed by atoms with Crippen molar-refractivity contribution in [1.29, 1.82) is 0 Å². The number of hydrogen-bond donors (Lipinski definition) is 0. The van der Waals surface area contributed by atoms with E-state index in [0.29, 0.717) is 29.3 Å². The van der Waals surface area contributed by atoms with Crippen LogP contribution >= 0.6 is 0 Å². The fourth-order valence-corrected chi connectivity index (χ4v) is 2.76. The van der Waals surface area contributed by atoms with Gasteiger partial charge in [-0.2, -0.15) is 0 Å². The Bertz CT molecular complexity index is 759. The summed E-state index contributed by atoms with van der Waals surface area (Å²) in [6, 6.07) is 0. The number of fused-ring (bicyclic) bond motifs is 1. The molecule has 0 unspecified atom stereocenters. The number of carbonyl (C=O) groups excluding carboxylic acids is 2. The lowest BCUT2D eigenvalue weighted by atomic mass is 9.96. The molecule has 9 heteroatoms. The molecule has 2 rings (SSSR count). The maximum absolute atomic E-state index is 12.6. The second-order valence-electron chi connectivity index (χ2n) is 5.50. The minimum Gasteiger partial charge on any atom is -0.569 e. The SMILES string of the molecule is CCN(CC)/[N+]([O-])=N/OCc1c2c(n(C)c1C)C(=O)C=C(OC)C2=O. The van der Waals surface area contributed by atoms with Gasteiger partial charge in [-0.05, 0) is 20.8 Å². The molecule has 1 aromatic rings. The third-order valence-corrected chi connectivity index (χ3v) is 4.29. The third-order valence-electron chi connectivity index (χ3n) is 4.29. The molecule has 0 amide bonds. The monoisotopic (exact) mass is 350 g/mol. The summed E-state index contributed by atoms with van der Waals surface area (Å²) < 4.78 is 6.63. The van der Waals surface area contributed by atoms with E-state index in [1.165, 1.54) is 18.2 Å². The Balaban J connectivity index is 2.33. The maximum Gasteiger partial charge on any atom is 0.233 e. The second-order valence-corrected chi connectivity index (χ2v) is 5.50. The summed E-state index contributed by atoms with van der Waals surface area (Å²) >= 11 is 0. The van der Waals surface area contributed by atoms with Gasteiger partial charge in [-0.3, -0.25) is 9.59 Å². The number of aromatic nitrogens is 1. The van der Waals surface area contributed by atoms with Gasteiger partial charge in [0.15, 0.2) is 12.4 Å². The first kappa shape index (κ1) is 18.5. The fourth-order valence-electron chi connectivity index (χ4n) is 2.76. The summed E-state index contributed by atoms with van der Waals surface area (Å²) in [5.74, 6) is -0.717. The number of ketones is 2. The van der Waals surface area contributed by atoms with E-state index in [2.05, 4.69) is 5.28 Å². The standard InChI is InChI=1S/C16H22N4O5/c1-6-19(7-2)20(23)17-25-9-11-10(3)18(4)15-12(21)8-13(24-5)16(22)14(11)15/h8H,6-7,9H2,1-5H3/b20-17-. The van der Waals surface area contributed by atoms with E-state index in [-0.39, 0.29) is 35.2 Å². The van der Waals surface area contributed by atoms with Crippen LogP contribution in [-0.2, 0) is 23.2 Å². The van der Waals surface area contributed by atoms with E-state index in [1.54, 1.807) is 18.5 Å². The van der Waals surface area contributed by atoms with Gasteiger partial charge in [0.25, 0.3) is 0 Å². The molecule has 1 heterocycles. The highest BCUT2D eigenvalue weighted by molar-refractivity contribution is 6.24. The first-order chi connectivity index (χ1) is 11.9. The molecule has 0 aromatic carbocycles. The van der Waals surface area contributed by atoms with Crippen LogP contribution in [0.5, 0.6) is 0 Å². The predicted molar refractivity (Wildman–Crippen MR) is 87.7 cm³/mol. The minimum atomic E-state index is -0.387. The molecule has 0 radical (unpaired) electrons. The quantitative estimate of drug-likeness (QED) is 0.423. The fraction of sp³-hybridized carbons (Fsp3) is 0.500. The lowest BCUT2D eigenvalue weighted by molar-refractivity contribution is -0.710. The molecule has 0 saturated heterocycles. The van der Waals surface area contributed by atoms with Gasteiger partial charge in [-0.1, -0.05) is 0 Å². The molecule has 0 bridgehead atoms. The van der Waals surface area contributed by atoms with Crippen molar-refractivity contribution in [3.63, 3.8) is 0 Å². The van der Waals surface area contributed by atoms with Gasteiger partial charge in [-0.25, -0.2) is 0 Å². The van der Waals surface area contributed by atoms with Crippen molar-refractivity contribution in [2.24, 2.45) is 12.3 Å². The number of Topliss-reactive ketones (excluding diaryl/α,β-unsaturated/α-hetero) is 1. The van der Waals surface area contributed by atoms with Crippen LogP contribution in [0.15, 0.2) is 17.1 Å². The van der Waals surface area contributed by atoms with E-state index in [4.69, 9.17) is 9.57 Å². The third kappa shape index (κ3) is 3.21. The zero-order valence-corrected chi connectivity index (χ0v) is 15.0. The number of nitrogens with zero attached hydrogens (tertiary/aromatic N) is 4. The lowest BCUT2D eigenvalue weighted by Gasteiger charge is -2.14. The first-order valence-electron chi connectivity index (χ1n) is 7.95. The van der Waals surface area contributed by atoms with Gasteiger partial charge in [0.2, 0.25) is 16.8 Å². The highest BCUT2D eigenvalue weighted by Gasteiger charge is 2.34. The molecule has 0 aliphatic heterocycles. The van der Waals surface area contributed by atoms with E-state index in [1.807, 2.05) is 13.8 Å². The van der Waals surface area contributed by atoms with Gasteiger partial charge in [-0.15, -0.1) is 5.01 Å². The Kier molecular flexibility index (Phi) is 5.45. The molecular weight excluding hydrogens is 328 g/mol. The number of methoxy groups -OCH3 is 1. The number of hydrazine groups is 1. The summed E-state index contributed by atoms with van der Waals surface area (Å²) in [6.45, 7) is 6.28. The van der Waals surface area contributed by atoms with Gasteiger partial charge in [0.05, 0.1) is 30.7 Å². The van der Waals surface area contributed by atoms with Crippen LogP contribution in [0, 0.1) is 12.1 Å². The largest absolute Gasteiger partial charge is 0.569 e. The Hall–Kier alpha value is -2.84. The van der Waals surface area contributed by atoms with E-state index in [0.717, 1.165) is 0 Å². The molecule has 25 heavy (non-hydrogen) atoms. The smallest absolute Gasteiger partial charge is 0.233 e. The van der Waals surface area contributed by atoms with E-state index >= 15 is 0 Å². The summed E-state index contributed by atoms with van der Waals surface area (Å²) in [6.07, 6.45) is 1.18. The van der Waals surface area contributed by atoms with Crippen molar-refractivity contribution < 1.29 is 24.1 Å². The molecule has 0 atom stereocenters. The Labute approximate surface area is 145 Å². The van der Waals surface area contributed by atoms with Crippen molar-refractivity contribution in [1.82, 2.24) is 9.58 Å². The van der Waals surface area contributed by atoms with Crippen LogP contribution in [0.3, 0.4) is 0 Å². The molecule has 1 aliphatic carbocycles. The predicted octanol–water partition coefficient (Wildman–Crippen LogP) is 1.89. The summed E-state index contributed by atoms with van der Waals surface area (Å²) in [4.78, 5) is 30.3. The van der Waals surface area contributed by atoms with Crippen LogP contribution in [0.25, 0.3) is 0 Å². The lowest BCUT2D eigenvalue weighted by Crippen LogP contribution is -2.30. The highest BCUT2D eigenvalue weighted by Crippen LogP contribution is 2.29.